The molecule has 0 bridgehead atoms. The highest BCUT2D eigenvalue weighted by Gasteiger charge is 2.21. The van der Waals surface area contributed by atoms with Crippen molar-refractivity contribution in [2.24, 2.45) is 0 Å². The van der Waals surface area contributed by atoms with E-state index in [1.165, 1.54) is 11.5 Å². The Hall–Kier alpha value is -4.38. The van der Waals surface area contributed by atoms with Crippen molar-refractivity contribution in [2.45, 2.75) is 26.2 Å². The first-order valence-corrected chi connectivity index (χ1v) is 13.2. The fourth-order valence-corrected chi connectivity index (χ4v) is 5.10. The van der Waals surface area contributed by atoms with Crippen molar-refractivity contribution >= 4 is 56.8 Å². The fourth-order valence-electron chi connectivity index (χ4n) is 4.30. The largest absolute Gasteiger partial charge is 0.352 e. The van der Waals surface area contributed by atoms with Crippen LogP contribution in [0.25, 0.3) is 11.0 Å². The summed E-state index contributed by atoms with van der Waals surface area (Å²) in [6.07, 6.45) is 3.82. The minimum Gasteiger partial charge on any atom is -0.352 e. The predicted molar refractivity (Wildman–Crippen MR) is 147 cm³/mol. The lowest BCUT2D eigenvalue weighted by atomic mass is 10.1. The van der Waals surface area contributed by atoms with Crippen LogP contribution in [0.5, 0.6) is 0 Å². The average molecular weight is 530 g/mol. The number of nitrogens with zero attached hydrogens (tertiary/aromatic N) is 4. The van der Waals surface area contributed by atoms with Crippen molar-refractivity contribution in [1.82, 2.24) is 24.6 Å². The van der Waals surface area contributed by atoms with Crippen LogP contribution in [0.2, 0.25) is 0 Å². The maximum absolute atomic E-state index is 13.2. The standard InChI is InChI=1S/C27H27N7O3S/c1-17-24(27(38-33-17)32-22-16-29-20-9-2-3-10-21(20)31-22)26(37)30-19-8-4-7-18(15-19)25(36)28-12-6-14-34-13-5-11-23(34)35/h2-4,7-10,15-16H,5-6,11-14H2,1H3,(H,28,36)(H,30,37)(H,31,32). The van der Waals surface area contributed by atoms with Crippen LogP contribution >= 0.6 is 11.5 Å². The second kappa shape index (κ2) is 11.3. The molecule has 5 rings (SSSR count). The molecule has 0 aliphatic carbocycles. The Morgan fingerprint density at radius 1 is 1.08 bits per heavy atom. The molecule has 3 amide bonds. The number of aryl methyl sites for hydroxylation is 1. The Labute approximate surface area is 223 Å². The van der Waals surface area contributed by atoms with E-state index in [2.05, 4.69) is 30.3 Å². The molecule has 0 radical (unpaired) electrons. The lowest BCUT2D eigenvalue weighted by Crippen LogP contribution is -2.30. The molecule has 3 heterocycles. The zero-order chi connectivity index (χ0) is 26.5. The van der Waals surface area contributed by atoms with Crippen LogP contribution in [0.1, 0.15) is 45.7 Å². The molecule has 2 aromatic carbocycles. The number of carbonyl (C=O) groups excluding carboxylic acids is 3. The van der Waals surface area contributed by atoms with E-state index >= 15 is 0 Å². The molecule has 11 heteroatoms. The highest BCUT2D eigenvalue weighted by molar-refractivity contribution is 7.10. The van der Waals surface area contributed by atoms with Gasteiger partial charge in [-0.1, -0.05) is 18.2 Å². The Morgan fingerprint density at radius 3 is 2.74 bits per heavy atom. The summed E-state index contributed by atoms with van der Waals surface area (Å²) >= 11 is 1.17. The van der Waals surface area contributed by atoms with Crippen LogP contribution in [0, 0.1) is 6.92 Å². The summed E-state index contributed by atoms with van der Waals surface area (Å²) < 4.78 is 4.34. The first-order valence-electron chi connectivity index (χ1n) is 12.4. The summed E-state index contributed by atoms with van der Waals surface area (Å²) in [6.45, 7) is 3.67. The quantitative estimate of drug-likeness (QED) is 0.278. The topological polar surface area (TPSA) is 129 Å². The van der Waals surface area contributed by atoms with Crippen LogP contribution < -0.4 is 16.0 Å². The molecule has 0 unspecified atom stereocenters. The van der Waals surface area contributed by atoms with Gasteiger partial charge in [0.05, 0.1) is 28.5 Å². The molecular weight excluding hydrogens is 502 g/mol. The van der Waals surface area contributed by atoms with Crippen LogP contribution in [0.15, 0.2) is 54.7 Å². The average Bonchev–Trinajstić information content (AvgIpc) is 3.50. The molecule has 1 aliphatic rings. The molecule has 0 spiro atoms. The van der Waals surface area contributed by atoms with Gasteiger partial charge in [-0.2, -0.15) is 4.37 Å². The number of benzene rings is 2. The maximum atomic E-state index is 13.2. The molecule has 194 valence electrons. The van der Waals surface area contributed by atoms with Crippen molar-refractivity contribution in [3.05, 3.63) is 71.5 Å². The molecule has 2 aromatic heterocycles. The number of hydrogen-bond donors (Lipinski definition) is 3. The fraction of sp³-hybridized carbons (Fsp3) is 0.259. The molecular formula is C27H27N7O3S. The Morgan fingerprint density at radius 2 is 1.92 bits per heavy atom. The second-order valence-electron chi connectivity index (χ2n) is 8.97. The van der Waals surface area contributed by atoms with Crippen molar-refractivity contribution in [2.75, 3.05) is 30.3 Å². The Bertz CT molecular complexity index is 1500. The highest BCUT2D eigenvalue weighted by Crippen LogP contribution is 2.28. The molecule has 4 aromatic rings. The van der Waals surface area contributed by atoms with E-state index in [4.69, 9.17) is 0 Å². The van der Waals surface area contributed by atoms with Crippen LogP contribution in [0.4, 0.5) is 16.5 Å². The lowest BCUT2D eigenvalue weighted by Gasteiger charge is -2.15. The number of anilines is 3. The van der Waals surface area contributed by atoms with E-state index in [-0.39, 0.29) is 17.7 Å². The first kappa shape index (κ1) is 25.3. The van der Waals surface area contributed by atoms with Crippen LogP contribution in [0.3, 0.4) is 0 Å². The number of fused-ring (bicyclic) bond motifs is 1. The zero-order valence-corrected chi connectivity index (χ0v) is 21.7. The molecule has 3 N–H and O–H groups in total. The third-order valence-electron chi connectivity index (χ3n) is 6.22. The van der Waals surface area contributed by atoms with Crippen molar-refractivity contribution in [1.29, 1.82) is 0 Å². The van der Waals surface area contributed by atoms with Crippen molar-refractivity contribution in [3.8, 4) is 0 Å². The summed E-state index contributed by atoms with van der Waals surface area (Å²) in [5.41, 5.74) is 3.43. The number of hydrogen-bond acceptors (Lipinski definition) is 8. The zero-order valence-electron chi connectivity index (χ0n) is 20.9. The molecule has 1 saturated heterocycles. The highest BCUT2D eigenvalue weighted by atomic mass is 32.1. The van der Waals surface area contributed by atoms with Gasteiger partial charge < -0.3 is 20.9 Å². The van der Waals surface area contributed by atoms with E-state index in [0.717, 1.165) is 24.0 Å². The van der Waals surface area contributed by atoms with Crippen molar-refractivity contribution in [3.63, 3.8) is 0 Å². The predicted octanol–water partition coefficient (Wildman–Crippen LogP) is 4.13. The van der Waals surface area contributed by atoms with Gasteiger partial charge in [-0.25, -0.2) is 4.98 Å². The molecule has 1 aliphatic heterocycles. The van der Waals surface area contributed by atoms with Crippen molar-refractivity contribution < 1.29 is 14.4 Å². The SMILES string of the molecule is Cc1nsc(Nc2cnc3ccccc3n2)c1C(=O)Nc1cccc(C(=O)NCCCN2CCCC2=O)c1. The molecule has 38 heavy (non-hydrogen) atoms. The van der Waals surface area contributed by atoms with E-state index in [9.17, 15) is 14.4 Å². The normalized spacial score (nSPS) is 13.1. The smallest absolute Gasteiger partial charge is 0.260 e. The molecule has 0 saturated carbocycles. The molecule has 1 fully saturated rings. The molecule has 10 nitrogen and oxygen atoms in total. The third-order valence-corrected chi connectivity index (χ3v) is 7.08. The van der Waals surface area contributed by atoms with Gasteiger partial charge in [0.2, 0.25) is 5.91 Å². The summed E-state index contributed by atoms with van der Waals surface area (Å²) in [5, 5.41) is 9.47. The summed E-state index contributed by atoms with van der Waals surface area (Å²) in [7, 11) is 0. The van der Waals surface area contributed by atoms with E-state index in [1.54, 1.807) is 37.4 Å². The Kier molecular flexibility index (Phi) is 7.55. The van der Waals surface area contributed by atoms with E-state index < -0.39 is 0 Å². The second-order valence-corrected chi connectivity index (χ2v) is 9.74. The van der Waals surface area contributed by atoms with Gasteiger partial charge in [-0.05, 0) is 61.6 Å². The van der Waals surface area contributed by atoms with Gasteiger partial charge in [0, 0.05) is 37.3 Å². The number of rotatable bonds is 9. The van der Waals surface area contributed by atoms with Gasteiger partial charge in [0.25, 0.3) is 11.8 Å². The number of aromatic nitrogens is 3. The van der Waals surface area contributed by atoms with Crippen LogP contribution in [-0.2, 0) is 4.79 Å². The number of likely N-dealkylation sites (tertiary alicyclic amines) is 1. The number of para-hydroxylation sites is 2. The summed E-state index contributed by atoms with van der Waals surface area (Å²) in [4.78, 5) is 48.4. The maximum Gasteiger partial charge on any atom is 0.260 e. The summed E-state index contributed by atoms with van der Waals surface area (Å²) in [5.74, 6) is 0.105. The van der Waals surface area contributed by atoms with E-state index in [0.29, 0.717) is 59.3 Å². The van der Waals surface area contributed by atoms with E-state index in [1.807, 2.05) is 29.2 Å². The number of carbonyl (C=O) groups is 3. The van der Waals surface area contributed by atoms with Gasteiger partial charge >= 0.3 is 0 Å². The number of nitrogens with one attached hydrogen (secondary N) is 3. The molecule has 0 atom stereocenters. The monoisotopic (exact) mass is 529 g/mol. The number of amides is 3. The third kappa shape index (κ3) is 5.78. The van der Waals surface area contributed by atoms with Gasteiger partial charge in [-0.3, -0.25) is 19.4 Å². The Balaban J connectivity index is 1.21. The first-order chi connectivity index (χ1) is 18.5. The minimum absolute atomic E-state index is 0.180. The lowest BCUT2D eigenvalue weighted by molar-refractivity contribution is -0.127. The summed E-state index contributed by atoms with van der Waals surface area (Å²) in [6, 6.07) is 14.3. The van der Waals surface area contributed by atoms with Gasteiger partial charge in [0.1, 0.15) is 10.8 Å². The van der Waals surface area contributed by atoms with Gasteiger partial charge in [-0.15, -0.1) is 0 Å². The van der Waals surface area contributed by atoms with Gasteiger partial charge in [0.15, 0.2) is 0 Å². The minimum atomic E-state index is -0.347. The van der Waals surface area contributed by atoms with Crippen LogP contribution in [-0.4, -0.2) is 56.6 Å².